The van der Waals surface area contributed by atoms with Crippen LogP contribution in [-0.2, 0) is 0 Å². The number of rotatable bonds is 3. The smallest absolute Gasteiger partial charge is 0.0112 e. The predicted molar refractivity (Wildman–Crippen MR) is 53.5 cm³/mol. The maximum absolute atomic E-state index is 3.36. The van der Waals surface area contributed by atoms with Gasteiger partial charge in [0.2, 0.25) is 0 Å². The van der Waals surface area contributed by atoms with Crippen molar-refractivity contribution >= 4 is 0 Å². The molecule has 0 aliphatic heterocycles. The Hall–Kier alpha value is -0.720. The molecule has 1 N–H and O–H groups in total. The molecule has 0 heterocycles. The molecule has 0 saturated carbocycles. The molecule has 0 radical (unpaired) electrons. The van der Waals surface area contributed by atoms with E-state index in [1.165, 1.54) is 0 Å². The first-order valence-corrected chi connectivity index (χ1v) is 4.16. The van der Waals surface area contributed by atoms with Gasteiger partial charge in [0, 0.05) is 6.54 Å². The summed E-state index contributed by atoms with van der Waals surface area (Å²) < 4.78 is 0. The van der Waals surface area contributed by atoms with Crippen molar-refractivity contribution in [2.75, 3.05) is 6.54 Å². The van der Waals surface area contributed by atoms with Crippen LogP contribution in [0.5, 0.6) is 0 Å². The van der Waals surface area contributed by atoms with E-state index in [1.54, 1.807) is 6.08 Å². The Labute approximate surface area is 71.2 Å². The van der Waals surface area contributed by atoms with Gasteiger partial charge >= 0.3 is 0 Å². The van der Waals surface area contributed by atoms with E-state index in [9.17, 15) is 0 Å². The summed E-state index contributed by atoms with van der Waals surface area (Å²) in [7, 11) is 0. The second-order valence-corrected chi connectivity index (χ2v) is 2.57. The minimum atomic E-state index is 0.661. The SMILES string of the molecule is C=CC.CCNC=CC(C)C. The Kier molecular flexibility index (Phi) is 14.1. The summed E-state index contributed by atoms with van der Waals surface area (Å²) in [5, 5.41) is 3.10. The van der Waals surface area contributed by atoms with E-state index in [2.05, 4.69) is 38.7 Å². The molecule has 0 amide bonds. The van der Waals surface area contributed by atoms with Gasteiger partial charge in [-0.15, -0.1) is 6.58 Å². The highest BCUT2D eigenvalue weighted by atomic mass is 14.8. The van der Waals surface area contributed by atoms with Crippen molar-refractivity contribution in [1.82, 2.24) is 5.32 Å². The van der Waals surface area contributed by atoms with E-state index in [0.29, 0.717) is 5.92 Å². The van der Waals surface area contributed by atoms with Crippen LogP contribution in [0.2, 0.25) is 0 Å². The summed E-state index contributed by atoms with van der Waals surface area (Å²) in [6.45, 7) is 12.7. The maximum Gasteiger partial charge on any atom is 0.0112 e. The van der Waals surface area contributed by atoms with Crippen LogP contribution in [0, 0.1) is 5.92 Å². The Morgan fingerprint density at radius 3 is 2.18 bits per heavy atom. The lowest BCUT2D eigenvalue weighted by Gasteiger charge is -1.93. The quantitative estimate of drug-likeness (QED) is 0.618. The third kappa shape index (κ3) is 26.8. The molecule has 0 rings (SSSR count). The van der Waals surface area contributed by atoms with E-state index in [-0.39, 0.29) is 0 Å². The zero-order chi connectivity index (χ0) is 9.11. The third-order valence-electron chi connectivity index (χ3n) is 0.803. The van der Waals surface area contributed by atoms with Crippen LogP contribution in [0.25, 0.3) is 0 Å². The standard InChI is InChI=1S/C7H15N.C3H6/c1-4-8-6-5-7(2)3;1-3-2/h5-8H,4H2,1-3H3;3H,1H2,2H3. The van der Waals surface area contributed by atoms with Crippen LogP contribution in [0.15, 0.2) is 24.9 Å². The maximum atomic E-state index is 3.36. The van der Waals surface area contributed by atoms with Crippen molar-refractivity contribution < 1.29 is 0 Å². The minimum absolute atomic E-state index is 0.661. The fourth-order valence-corrected chi connectivity index (χ4v) is 0.378. The van der Waals surface area contributed by atoms with Crippen LogP contribution >= 0.6 is 0 Å². The molecule has 66 valence electrons. The molecule has 0 unspecified atom stereocenters. The zero-order valence-electron chi connectivity index (χ0n) is 8.22. The Morgan fingerprint density at radius 2 is 1.91 bits per heavy atom. The number of hydrogen-bond donors (Lipinski definition) is 1. The molecule has 0 aromatic rings. The highest BCUT2D eigenvalue weighted by molar-refractivity contribution is 4.81. The minimum Gasteiger partial charge on any atom is -0.391 e. The normalized spacial score (nSPS) is 9.18. The number of nitrogens with one attached hydrogen (secondary N) is 1. The second kappa shape index (κ2) is 12.0. The Bertz CT molecular complexity index is 93.0. The summed E-state index contributed by atoms with van der Waals surface area (Å²) in [5.74, 6) is 0.661. The molecule has 1 nitrogen and oxygen atoms in total. The van der Waals surface area contributed by atoms with Crippen LogP contribution < -0.4 is 5.32 Å². The summed E-state index contributed by atoms with van der Waals surface area (Å²) in [4.78, 5) is 0. The summed E-state index contributed by atoms with van der Waals surface area (Å²) in [6.07, 6.45) is 5.90. The van der Waals surface area contributed by atoms with Crippen molar-refractivity contribution in [3.05, 3.63) is 24.9 Å². The molecule has 0 aliphatic carbocycles. The predicted octanol–water partition coefficient (Wildman–Crippen LogP) is 2.96. The lowest BCUT2D eigenvalue weighted by molar-refractivity contribution is 0.810. The first-order chi connectivity index (χ1) is 5.18. The first kappa shape index (κ1) is 12.9. The van der Waals surface area contributed by atoms with Crippen molar-refractivity contribution in [1.29, 1.82) is 0 Å². The molecule has 0 bridgehead atoms. The molecule has 0 aromatic heterocycles. The van der Waals surface area contributed by atoms with Gasteiger partial charge in [-0.05, 0) is 26.0 Å². The van der Waals surface area contributed by atoms with Gasteiger partial charge < -0.3 is 5.32 Å². The summed E-state index contributed by atoms with van der Waals surface area (Å²) in [6, 6.07) is 0. The highest BCUT2D eigenvalue weighted by Gasteiger charge is 1.79. The van der Waals surface area contributed by atoms with E-state index < -0.39 is 0 Å². The number of hydrogen-bond acceptors (Lipinski definition) is 1. The van der Waals surface area contributed by atoms with E-state index in [4.69, 9.17) is 0 Å². The van der Waals surface area contributed by atoms with Crippen LogP contribution in [0.3, 0.4) is 0 Å². The van der Waals surface area contributed by atoms with Gasteiger partial charge in [-0.1, -0.05) is 26.0 Å². The summed E-state index contributed by atoms with van der Waals surface area (Å²) >= 11 is 0. The van der Waals surface area contributed by atoms with Crippen LogP contribution in [-0.4, -0.2) is 6.54 Å². The third-order valence-corrected chi connectivity index (χ3v) is 0.803. The van der Waals surface area contributed by atoms with E-state index in [0.717, 1.165) is 6.54 Å². The average Bonchev–Trinajstić information content (AvgIpc) is 1.89. The molecule has 0 spiro atoms. The first-order valence-electron chi connectivity index (χ1n) is 4.16. The molecule has 11 heavy (non-hydrogen) atoms. The Morgan fingerprint density at radius 1 is 1.45 bits per heavy atom. The fourth-order valence-electron chi connectivity index (χ4n) is 0.378. The van der Waals surface area contributed by atoms with Gasteiger partial charge in [0.05, 0.1) is 0 Å². The van der Waals surface area contributed by atoms with Crippen molar-refractivity contribution in [3.63, 3.8) is 0 Å². The molecular weight excluding hydrogens is 134 g/mol. The van der Waals surface area contributed by atoms with Crippen LogP contribution in [0.4, 0.5) is 0 Å². The molecular formula is C10H21N. The van der Waals surface area contributed by atoms with Crippen LogP contribution in [0.1, 0.15) is 27.7 Å². The van der Waals surface area contributed by atoms with E-state index >= 15 is 0 Å². The zero-order valence-corrected chi connectivity index (χ0v) is 8.22. The molecule has 0 atom stereocenters. The van der Waals surface area contributed by atoms with Crippen molar-refractivity contribution in [2.24, 2.45) is 5.92 Å². The topological polar surface area (TPSA) is 12.0 Å². The molecule has 0 aromatic carbocycles. The van der Waals surface area contributed by atoms with Gasteiger partial charge in [-0.3, -0.25) is 0 Å². The summed E-state index contributed by atoms with van der Waals surface area (Å²) in [5.41, 5.74) is 0. The van der Waals surface area contributed by atoms with Gasteiger partial charge in [0.1, 0.15) is 0 Å². The molecule has 1 heteroatoms. The van der Waals surface area contributed by atoms with Gasteiger partial charge in [0.15, 0.2) is 0 Å². The Balaban J connectivity index is 0. The highest BCUT2D eigenvalue weighted by Crippen LogP contribution is 1.90. The number of allylic oxidation sites excluding steroid dienone is 2. The average molecular weight is 155 g/mol. The van der Waals surface area contributed by atoms with Gasteiger partial charge in [-0.25, -0.2) is 0 Å². The molecule has 0 saturated heterocycles. The van der Waals surface area contributed by atoms with Crippen molar-refractivity contribution in [2.45, 2.75) is 27.7 Å². The van der Waals surface area contributed by atoms with Gasteiger partial charge in [-0.2, -0.15) is 0 Å². The lowest BCUT2D eigenvalue weighted by Crippen LogP contribution is -2.01. The second-order valence-electron chi connectivity index (χ2n) is 2.57. The largest absolute Gasteiger partial charge is 0.391 e. The lowest BCUT2D eigenvalue weighted by atomic mass is 10.2. The fraction of sp³-hybridized carbons (Fsp3) is 0.600. The van der Waals surface area contributed by atoms with E-state index in [1.807, 2.05) is 13.1 Å². The molecule has 0 fully saturated rings. The molecule has 0 aliphatic rings. The monoisotopic (exact) mass is 155 g/mol. The van der Waals surface area contributed by atoms with Crippen molar-refractivity contribution in [3.8, 4) is 0 Å². The van der Waals surface area contributed by atoms with Gasteiger partial charge in [0.25, 0.3) is 0 Å².